The lowest BCUT2D eigenvalue weighted by atomic mass is 10.2. The van der Waals surface area contributed by atoms with Gasteiger partial charge in [0.15, 0.2) is 5.76 Å². The monoisotopic (exact) mass is 312 g/mol. The Labute approximate surface area is 134 Å². The molecule has 1 unspecified atom stereocenters. The molecular weight excluding hydrogens is 292 g/mol. The summed E-state index contributed by atoms with van der Waals surface area (Å²) in [5, 5.41) is 4.32. The molecule has 0 radical (unpaired) electrons. The number of aryl methyl sites for hydroxylation is 1. The van der Waals surface area contributed by atoms with Gasteiger partial charge in [0.2, 0.25) is 0 Å². The smallest absolute Gasteiger partial charge is 0.263 e. The molecule has 0 N–H and O–H groups in total. The van der Waals surface area contributed by atoms with Gasteiger partial charge in [0.1, 0.15) is 5.76 Å². The molecule has 0 amide bonds. The maximum absolute atomic E-state index is 5.76. The van der Waals surface area contributed by atoms with E-state index in [1.54, 1.807) is 6.26 Å². The molecule has 4 rings (SSSR count). The van der Waals surface area contributed by atoms with Gasteiger partial charge in [-0.25, -0.2) is 4.98 Å². The van der Waals surface area contributed by atoms with Crippen molar-refractivity contribution in [2.45, 2.75) is 38.9 Å². The highest BCUT2D eigenvalue weighted by Gasteiger charge is 2.27. The Bertz CT molecular complexity index is 746. The molecule has 6 heteroatoms. The van der Waals surface area contributed by atoms with Crippen molar-refractivity contribution in [2.24, 2.45) is 0 Å². The van der Waals surface area contributed by atoms with Crippen molar-refractivity contribution in [3.8, 4) is 11.7 Å². The fourth-order valence-corrected chi connectivity index (χ4v) is 3.21. The van der Waals surface area contributed by atoms with Gasteiger partial charge in [0.05, 0.1) is 18.5 Å². The summed E-state index contributed by atoms with van der Waals surface area (Å²) < 4.78 is 13.1. The van der Waals surface area contributed by atoms with Gasteiger partial charge in [0.25, 0.3) is 5.89 Å². The summed E-state index contributed by atoms with van der Waals surface area (Å²) in [5.74, 6) is 2.10. The van der Waals surface area contributed by atoms with Crippen LogP contribution in [0.2, 0.25) is 0 Å². The molecule has 3 aromatic heterocycles. The van der Waals surface area contributed by atoms with Gasteiger partial charge < -0.3 is 8.83 Å². The number of aromatic nitrogens is 3. The molecule has 3 aromatic rings. The van der Waals surface area contributed by atoms with Crippen molar-refractivity contribution >= 4 is 0 Å². The summed E-state index contributed by atoms with van der Waals surface area (Å²) in [6.07, 6.45) is 7.90. The van der Waals surface area contributed by atoms with Gasteiger partial charge in [-0.3, -0.25) is 9.58 Å². The molecule has 0 aromatic carbocycles. The fraction of sp³-hybridized carbons (Fsp3) is 0.412. The molecular formula is C17H20N4O2. The highest BCUT2D eigenvalue weighted by molar-refractivity contribution is 5.44. The van der Waals surface area contributed by atoms with Crippen LogP contribution in [0.5, 0.6) is 0 Å². The lowest BCUT2D eigenvalue weighted by Gasteiger charge is -2.23. The van der Waals surface area contributed by atoms with Gasteiger partial charge in [-0.2, -0.15) is 5.10 Å². The van der Waals surface area contributed by atoms with Gasteiger partial charge in [-0.1, -0.05) is 0 Å². The average Bonchev–Trinajstić information content (AvgIpc) is 3.31. The molecule has 1 atom stereocenters. The Hall–Kier alpha value is -2.34. The summed E-state index contributed by atoms with van der Waals surface area (Å²) in [7, 11) is 0. The Balaban J connectivity index is 1.48. The van der Waals surface area contributed by atoms with E-state index in [1.807, 2.05) is 42.2 Å². The number of oxazole rings is 1. The van der Waals surface area contributed by atoms with E-state index in [4.69, 9.17) is 8.83 Å². The van der Waals surface area contributed by atoms with Crippen molar-refractivity contribution < 1.29 is 8.83 Å². The van der Waals surface area contributed by atoms with Crippen LogP contribution in [0.3, 0.4) is 0 Å². The third-order valence-electron chi connectivity index (χ3n) is 4.43. The molecule has 120 valence electrons. The van der Waals surface area contributed by atoms with Crippen LogP contribution in [0.15, 0.2) is 45.7 Å². The molecule has 4 heterocycles. The van der Waals surface area contributed by atoms with Crippen LogP contribution in [0, 0.1) is 6.92 Å². The van der Waals surface area contributed by atoms with Crippen LogP contribution in [0.1, 0.15) is 24.3 Å². The minimum atomic E-state index is 0.498. The SMILES string of the molecule is Cc1oc(-c2ccco2)nc1CN1CCCC1Cn1cccn1. The Morgan fingerprint density at radius 3 is 3.09 bits per heavy atom. The quantitative estimate of drug-likeness (QED) is 0.724. The molecule has 1 aliphatic heterocycles. The predicted molar refractivity (Wildman–Crippen MR) is 84.6 cm³/mol. The predicted octanol–water partition coefficient (Wildman–Crippen LogP) is 3.10. The molecule has 0 saturated carbocycles. The van der Waals surface area contributed by atoms with Crippen LogP contribution in [-0.4, -0.2) is 32.3 Å². The van der Waals surface area contributed by atoms with E-state index in [0.717, 1.165) is 31.1 Å². The van der Waals surface area contributed by atoms with Gasteiger partial charge >= 0.3 is 0 Å². The van der Waals surface area contributed by atoms with Crippen molar-refractivity contribution in [3.05, 3.63) is 48.3 Å². The second-order valence-corrected chi connectivity index (χ2v) is 5.99. The van der Waals surface area contributed by atoms with E-state index in [2.05, 4.69) is 15.0 Å². The topological polar surface area (TPSA) is 60.2 Å². The largest absolute Gasteiger partial charge is 0.459 e. The number of nitrogens with zero attached hydrogens (tertiary/aromatic N) is 4. The van der Waals surface area contributed by atoms with Crippen LogP contribution in [0.4, 0.5) is 0 Å². The van der Waals surface area contributed by atoms with E-state index in [-0.39, 0.29) is 0 Å². The van der Waals surface area contributed by atoms with Gasteiger partial charge in [-0.15, -0.1) is 0 Å². The molecule has 0 bridgehead atoms. The maximum atomic E-state index is 5.76. The minimum Gasteiger partial charge on any atom is -0.459 e. The number of hydrogen-bond acceptors (Lipinski definition) is 5. The first-order valence-electron chi connectivity index (χ1n) is 8.01. The Kier molecular flexibility index (Phi) is 3.75. The highest BCUT2D eigenvalue weighted by atomic mass is 16.4. The maximum Gasteiger partial charge on any atom is 0.263 e. The summed E-state index contributed by atoms with van der Waals surface area (Å²) >= 11 is 0. The standard InChI is InChI=1S/C17H20N4O2/c1-13-15(19-17(23-13)16-6-3-10-22-16)12-20-8-2-5-14(20)11-21-9-4-7-18-21/h3-4,6-7,9-10,14H,2,5,8,11-12H2,1H3. The van der Waals surface area contributed by atoms with E-state index >= 15 is 0 Å². The number of rotatable bonds is 5. The summed E-state index contributed by atoms with van der Waals surface area (Å²) in [6.45, 7) is 4.79. The third kappa shape index (κ3) is 2.94. The van der Waals surface area contributed by atoms with Crippen molar-refractivity contribution in [3.63, 3.8) is 0 Å². The zero-order valence-electron chi connectivity index (χ0n) is 13.2. The van der Waals surface area contributed by atoms with Gasteiger partial charge in [-0.05, 0) is 44.5 Å². The molecule has 23 heavy (non-hydrogen) atoms. The Morgan fingerprint density at radius 1 is 1.35 bits per heavy atom. The molecule has 6 nitrogen and oxygen atoms in total. The van der Waals surface area contributed by atoms with Crippen LogP contribution in [0.25, 0.3) is 11.7 Å². The summed E-state index contributed by atoms with van der Waals surface area (Å²) in [4.78, 5) is 7.09. The normalized spacial score (nSPS) is 18.7. The van der Waals surface area contributed by atoms with Crippen molar-refractivity contribution in [1.29, 1.82) is 0 Å². The van der Waals surface area contributed by atoms with E-state index < -0.39 is 0 Å². The minimum absolute atomic E-state index is 0.498. The van der Waals surface area contributed by atoms with E-state index in [0.29, 0.717) is 17.7 Å². The lowest BCUT2D eigenvalue weighted by Crippen LogP contribution is -2.33. The summed E-state index contributed by atoms with van der Waals surface area (Å²) in [5.41, 5.74) is 0.990. The van der Waals surface area contributed by atoms with Gasteiger partial charge in [0, 0.05) is 25.0 Å². The fourth-order valence-electron chi connectivity index (χ4n) is 3.21. The first-order valence-corrected chi connectivity index (χ1v) is 8.01. The zero-order valence-corrected chi connectivity index (χ0v) is 13.2. The highest BCUT2D eigenvalue weighted by Crippen LogP contribution is 2.26. The van der Waals surface area contributed by atoms with E-state index in [1.165, 1.54) is 12.8 Å². The number of likely N-dealkylation sites (tertiary alicyclic amines) is 1. The van der Waals surface area contributed by atoms with Crippen LogP contribution < -0.4 is 0 Å². The summed E-state index contributed by atoms with van der Waals surface area (Å²) in [6, 6.07) is 6.18. The van der Waals surface area contributed by atoms with Crippen LogP contribution >= 0.6 is 0 Å². The second kappa shape index (κ2) is 6.04. The average molecular weight is 312 g/mol. The lowest BCUT2D eigenvalue weighted by molar-refractivity contribution is 0.216. The molecule has 1 saturated heterocycles. The number of hydrogen-bond donors (Lipinski definition) is 0. The molecule has 0 aliphatic carbocycles. The first kappa shape index (κ1) is 14.3. The van der Waals surface area contributed by atoms with Crippen LogP contribution in [-0.2, 0) is 13.1 Å². The Morgan fingerprint density at radius 2 is 2.30 bits per heavy atom. The molecule has 1 aliphatic rings. The van der Waals surface area contributed by atoms with Crippen molar-refractivity contribution in [1.82, 2.24) is 19.7 Å². The first-order chi connectivity index (χ1) is 11.3. The van der Waals surface area contributed by atoms with E-state index in [9.17, 15) is 0 Å². The molecule has 1 fully saturated rings. The third-order valence-corrected chi connectivity index (χ3v) is 4.43. The molecule has 0 spiro atoms. The number of furan rings is 1. The zero-order chi connectivity index (χ0) is 15.6. The van der Waals surface area contributed by atoms with Crippen molar-refractivity contribution in [2.75, 3.05) is 6.54 Å². The second-order valence-electron chi connectivity index (χ2n) is 5.99.